The minimum Gasteiger partial charge on any atom is -0.296 e. The SMILES string of the molecule is O=C(Nc1nnc(CCCc2ccccc2)s1)c1ccc(Cl)cc1Cl. The first-order valence-corrected chi connectivity index (χ1v) is 9.32. The summed E-state index contributed by atoms with van der Waals surface area (Å²) in [6.45, 7) is 0. The normalized spacial score (nSPS) is 10.6. The second-order valence-electron chi connectivity index (χ2n) is 5.42. The molecule has 0 saturated carbocycles. The Hall–Kier alpha value is -1.95. The number of nitrogens with one attached hydrogen (secondary N) is 1. The zero-order chi connectivity index (χ0) is 17.6. The van der Waals surface area contributed by atoms with Crippen molar-refractivity contribution in [1.29, 1.82) is 0 Å². The molecular weight excluding hydrogens is 377 g/mol. The fourth-order valence-corrected chi connectivity index (χ4v) is 3.60. The summed E-state index contributed by atoms with van der Waals surface area (Å²) in [4.78, 5) is 12.3. The van der Waals surface area contributed by atoms with Crippen LogP contribution in [0.2, 0.25) is 10.0 Å². The summed E-state index contributed by atoms with van der Waals surface area (Å²) in [6.07, 6.45) is 2.79. The molecule has 1 aromatic heterocycles. The number of aromatic nitrogens is 2. The van der Waals surface area contributed by atoms with Gasteiger partial charge in [-0.2, -0.15) is 0 Å². The number of hydrogen-bond acceptors (Lipinski definition) is 4. The maximum absolute atomic E-state index is 12.3. The maximum Gasteiger partial charge on any atom is 0.259 e. The molecule has 0 atom stereocenters. The molecule has 1 amide bonds. The molecule has 4 nitrogen and oxygen atoms in total. The Morgan fingerprint density at radius 3 is 2.60 bits per heavy atom. The number of carbonyl (C=O) groups is 1. The molecule has 0 aliphatic rings. The molecule has 3 rings (SSSR count). The average Bonchev–Trinajstić information content (AvgIpc) is 3.03. The van der Waals surface area contributed by atoms with Gasteiger partial charge in [0.05, 0.1) is 10.6 Å². The second-order valence-corrected chi connectivity index (χ2v) is 7.32. The lowest BCUT2D eigenvalue weighted by molar-refractivity contribution is 0.102. The fourth-order valence-electron chi connectivity index (χ4n) is 2.33. The summed E-state index contributed by atoms with van der Waals surface area (Å²) >= 11 is 13.3. The molecule has 128 valence electrons. The first-order valence-electron chi connectivity index (χ1n) is 7.74. The van der Waals surface area contributed by atoms with E-state index in [-0.39, 0.29) is 5.91 Å². The number of nitrogens with zero attached hydrogens (tertiary/aromatic N) is 2. The van der Waals surface area contributed by atoms with Crippen LogP contribution in [0.15, 0.2) is 48.5 Å². The topological polar surface area (TPSA) is 54.9 Å². The number of benzene rings is 2. The lowest BCUT2D eigenvalue weighted by Gasteiger charge is -2.03. The number of halogens is 2. The number of aryl methyl sites for hydroxylation is 2. The van der Waals surface area contributed by atoms with Crippen LogP contribution < -0.4 is 5.32 Å². The first-order chi connectivity index (χ1) is 12.1. The van der Waals surface area contributed by atoms with E-state index in [1.807, 2.05) is 18.2 Å². The molecule has 1 N–H and O–H groups in total. The van der Waals surface area contributed by atoms with Crippen LogP contribution in [0.3, 0.4) is 0 Å². The molecule has 7 heteroatoms. The molecule has 0 fully saturated rings. The molecule has 0 unspecified atom stereocenters. The van der Waals surface area contributed by atoms with Crippen LogP contribution in [0.4, 0.5) is 5.13 Å². The van der Waals surface area contributed by atoms with E-state index in [1.165, 1.54) is 23.0 Å². The Kier molecular flexibility index (Phi) is 6.02. The van der Waals surface area contributed by atoms with Crippen LogP contribution in [0.5, 0.6) is 0 Å². The Morgan fingerprint density at radius 1 is 1.04 bits per heavy atom. The number of carbonyl (C=O) groups excluding carboxylic acids is 1. The van der Waals surface area contributed by atoms with Gasteiger partial charge in [0.25, 0.3) is 5.91 Å². The highest BCUT2D eigenvalue weighted by molar-refractivity contribution is 7.15. The standard InChI is InChI=1S/C18H15Cl2N3OS/c19-13-9-10-14(15(20)11-13)17(24)21-18-23-22-16(25-18)8-4-7-12-5-2-1-3-6-12/h1-3,5-6,9-11H,4,7-8H2,(H,21,23,24). The highest BCUT2D eigenvalue weighted by atomic mass is 35.5. The molecule has 3 aromatic rings. The third kappa shape index (κ3) is 5.01. The van der Waals surface area contributed by atoms with Crippen molar-refractivity contribution in [2.45, 2.75) is 19.3 Å². The summed E-state index contributed by atoms with van der Waals surface area (Å²) in [5, 5.41) is 13.0. The van der Waals surface area contributed by atoms with E-state index >= 15 is 0 Å². The van der Waals surface area contributed by atoms with Crippen LogP contribution >= 0.6 is 34.5 Å². The van der Waals surface area contributed by atoms with Crippen molar-refractivity contribution in [3.8, 4) is 0 Å². The lowest BCUT2D eigenvalue weighted by atomic mass is 10.1. The summed E-state index contributed by atoms with van der Waals surface area (Å²) in [5.74, 6) is -0.325. The van der Waals surface area contributed by atoms with Crippen LogP contribution in [-0.4, -0.2) is 16.1 Å². The highest BCUT2D eigenvalue weighted by Gasteiger charge is 2.13. The van der Waals surface area contributed by atoms with Crippen molar-refractivity contribution in [2.24, 2.45) is 0 Å². The summed E-state index contributed by atoms with van der Waals surface area (Å²) < 4.78 is 0. The van der Waals surface area contributed by atoms with Crippen LogP contribution in [0.1, 0.15) is 27.3 Å². The van der Waals surface area contributed by atoms with Gasteiger partial charge in [0, 0.05) is 11.4 Å². The minimum absolute atomic E-state index is 0.303. The average molecular weight is 392 g/mol. The molecule has 0 aliphatic heterocycles. The van der Waals surface area contributed by atoms with Gasteiger partial charge in [0.15, 0.2) is 0 Å². The van der Waals surface area contributed by atoms with Gasteiger partial charge in [0.1, 0.15) is 5.01 Å². The predicted octanol–water partition coefficient (Wildman–Crippen LogP) is 5.27. The largest absolute Gasteiger partial charge is 0.296 e. The molecule has 0 aliphatic carbocycles. The van der Waals surface area contributed by atoms with Gasteiger partial charge in [-0.3, -0.25) is 10.1 Å². The maximum atomic E-state index is 12.3. The van der Waals surface area contributed by atoms with Crippen molar-refractivity contribution in [2.75, 3.05) is 5.32 Å². The number of hydrogen-bond donors (Lipinski definition) is 1. The Balaban J connectivity index is 1.55. The first kappa shape index (κ1) is 17.9. The zero-order valence-corrected chi connectivity index (χ0v) is 15.5. The molecule has 1 heterocycles. The van der Waals surface area contributed by atoms with Gasteiger partial charge < -0.3 is 0 Å². The molecule has 0 radical (unpaired) electrons. The Bertz CT molecular complexity index is 868. The summed E-state index contributed by atoms with van der Waals surface area (Å²) in [6, 6.07) is 15.1. The fraction of sp³-hybridized carbons (Fsp3) is 0.167. The van der Waals surface area contributed by atoms with Crippen LogP contribution in [-0.2, 0) is 12.8 Å². The van der Waals surface area contributed by atoms with Crippen LogP contribution in [0.25, 0.3) is 0 Å². The number of rotatable bonds is 6. The van der Waals surface area contributed by atoms with E-state index in [0.717, 1.165) is 24.3 Å². The minimum atomic E-state index is -0.325. The zero-order valence-electron chi connectivity index (χ0n) is 13.2. The van der Waals surface area contributed by atoms with E-state index in [0.29, 0.717) is 20.7 Å². The van der Waals surface area contributed by atoms with E-state index in [2.05, 4.69) is 27.6 Å². The van der Waals surface area contributed by atoms with E-state index < -0.39 is 0 Å². The summed E-state index contributed by atoms with van der Waals surface area (Å²) in [7, 11) is 0. The third-order valence-electron chi connectivity index (χ3n) is 3.56. The van der Waals surface area contributed by atoms with Gasteiger partial charge in [-0.25, -0.2) is 0 Å². The Labute approximate surface area is 159 Å². The lowest BCUT2D eigenvalue weighted by Crippen LogP contribution is -2.12. The van der Waals surface area contributed by atoms with Crippen molar-refractivity contribution in [3.05, 3.63) is 74.7 Å². The predicted molar refractivity (Wildman–Crippen MR) is 103 cm³/mol. The molecule has 0 saturated heterocycles. The number of anilines is 1. The molecule has 2 aromatic carbocycles. The number of amides is 1. The quantitative estimate of drug-likeness (QED) is 0.622. The van der Waals surface area contributed by atoms with Gasteiger partial charge in [-0.15, -0.1) is 10.2 Å². The van der Waals surface area contributed by atoms with Gasteiger partial charge in [-0.05, 0) is 36.6 Å². The monoisotopic (exact) mass is 391 g/mol. The summed E-state index contributed by atoms with van der Waals surface area (Å²) in [5.41, 5.74) is 1.66. The smallest absolute Gasteiger partial charge is 0.259 e. The van der Waals surface area contributed by atoms with Crippen molar-refractivity contribution >= 4 is 45.6 Å². The Morgan fingerprint density at radius 2 is 1.84 bits per heavy atom. The molecule has 25 heavy (non-hydrogen) atoms. The van der Waals surface area contributed by atoms with Crippen molar-refractivity contribution < 1.29 is 4.79 Å². The highest BCUT2D eigenvalue weighted by Crippen LogP contribution is 2.23. The van der Waals surface area contributed by atoms with Crippen molar-refractivity contribution in [3.63, 3.8) is 0 Å². The molecule has 0 bridgehead atoms. The third-order valence-corrected chi connectivity index (χ3v) is 5.01. The molecular formula is C18H15Cl2N3OS. The van der Waals surface area contributed by atoms with Gasteiger partial charge in [0.2, 0.25) is 5.13 Å². The van der Waals surface area contributed by atoms with E-state index in [1.54, 1.807) is 12.1 Å². The second kappa shape index (κ2) is 8.43. The van der Waals surface area contributed by atoms with Gasteiger partial charge in [-0.1, -0.05) is 64.9 Å². The molecule has 0 spiro atoms. The van der Waals surface area contributed by atoms with E-state index in [9.17, 15) is 4.79 Å². The van der Waals surface area contributed by atoms with Gasteiger partial charge >= 0.3 is 0 Å². The van der Waals surface area contributed by atoms with Crippen LogP contribution in [0, 0.1) is 0 Å². The van der Waals surface area contributed by atoms with Crippen molar-refractivity contribution in [1.82, 2.24) is 10.2 Å². The van der Waals surface area contributed by atoms with E-state index in [4.69, 9.17) is 23.2 Å².